The maximum absolute atomic E-state index is 5.94. The van der Waals surface area contributed by atoms with Crippen LogP contribution in [-0.2, 0) is 6.54 Å². The Morgan fingerprint density at radius 3 is 2.54 bits per heavy atom. The van der Waals surface area contributed by atoms with Crippen LogP contribution < -0.4 is 11.1 Å². The topological polar surface area (TPSA) is 38.0 Å². The van der Waals surface area contributed by atoms with Gasteiger partial charge in [0, 0.05) is 18.2 Å². The quantitative estimate of drug-likeness (QED) is 0.670. The monoisotopic (exact) mass is 342 g/mol. The molecule has 0 bridgehead atoms. The maximum Gasteiger partial charge on any atom is 0.0722 e. The number of fused-ring (bicyclic) bond motifs is 1. The van der Waals surface area contributed by atoms with Gasteiger partial charge in [-0.05, 0) is 54.8 Å². The molecule has 0 aliphatic heterocycles. The Hall–Kier alpha value is -2.60. The van der Waals surface area contributed by atoms with E-state index in [1.807, 2.05) is 26.0 Å². The van der Waals surface area contributed by atoms with Crippen molar-refractivity contribution in [2.24, 2.45) is 5.73 Å². The average Bonchev–Trinajstić information content (AvgIpc) is 2.64. The van der Waals surface area contributed by atoms with E-state index >= 15 is 0 Å². The van der Waals surface area contributed by atoms with Crippen LogP contribution in [0.2, 0.25) is 0 Å². The van der Waals surface area contributed by atoms with Gasteiger partial charge < -0.3 is 11.1 Å². The Morgan fingerprint density at radius 2 is 1.73 bits per heavy atom. The molecule has 3 rings (SSSR count). The molecule has 3 N–H and O–H groups in total. The average molecular weight is 342 g/mol. The predicted molar refractivity (Wildman–Crippen MR) is 111 cm³/mol. The highest BCUT2D eigenvalue weighted by Crippen LogP contribution is 2.24. The minimum Gasteiger partial charge on any atom is -0.316 e. The molecule has 1 atom stereocenters. The zero-order valence-electron chi connectivity index (χ0n) is 15.7. The van der Waals surface area contributed by atoms with E-state index in [1.54, 1.807) is 0 Å². The summed E-state index contributed by atoms with van der Waals surface area (Å²) < 4.78 is 0. The molecule has 3 aromatic rings. The Balaban J connectivity index is 1.73. The van der Waals surface area contributed by atoms with Gasteiger partial charge in [-0.2, -0.15) is 0 Å². The molecule has 0 radical (unpaired) electrons. The molecule has 0 aromatic heterocycles. The molecule has 0 unspecified atom stereocenters. The fourth-order valence-corrected chi connectivity index (χ4v) is 3.00. The summed E-state index contributed by atoms with van der Waals surface area (Å²) in [5.41, 5.74) is 9.01. The van der Waals surface area contributed by atoms with Gasteiger partial charge in [0.15, 0.2) is 0 Å². The van der Waals surface area contributed by atoms with Crippen LogP contribution in [0.3, 0.4) is 0 Å². The van der Waals surface area contributed by atoms with Crippen LogP contribution in [0.1, 0.15) is 43.5 Å². The molecular formula is C24H26N2. The summed E-state index contributed by atoms with van der Waals surface area (Å²) in [6.07, 6.45) is 0. The molecule has 26 heavy (non-hydrogen) atoms. The van der Waals surface area contributed by atoms with Gasteiger partial charge in [0.05, 0.1) is 5.54 Å². The van der Waals surface area contributed by atoms with Crippen LogP contribution in [0.25, 0.3) is 10.8 Å². The molecular weight excluding hydrogens is 316 g/mol. The lowest BCUT2D eigenvalue weighted by atomic mass is 9.99. The standard InChI is InChI=1S/C24H26N2/c1-18(22-13-7-11-21-10-4-5-12-23(21)22)26-17-20-9-6-8-19(16-20)14-15-24(2,3)25/h4-13,16,18,26H,17,25H2,1-3H3/t18-/m1/s1. The second-order valence-electron chi connectivity index (χ2n) is 7.34. The van der Waals surface area contributed by atoms with Crippen LogP contribution in [0.5, 0.6) is 0 Å². The summed E-state index contributed by atoms with van der Waals surface area (Å²) in [5.74, 6) is 6.25. The van der Waals surface area contributed by atoms with E-state index in [1.165, 1.54) is 21.9 Å². The van der Waals surface area contributed by atoms with Gasteiger partial charge in [-0.1, -0.05) is 66.4 Å². The van der Waals surface area contributed by atoms with Gasteiger partial charge in [0.1, 0.15) is 0 Å². The zero-order chi connectivity index (χ0) is 18.6. The summed E-state index contributed by atoms with van der Waals surface area (Å²) in [7, 11) is 0. The van der Waals surface area contributed by atoms with E-state index in [0.29, 0.717) is 0 Å². The zero-order valence-corrected chi connectivity index (χ0v) is 15.7. The molecule has 2 heteroatoms. The van der Waals surface area contributed by atoms with Gasteiger partial charge in [0.25, 0.3) is 0 Å². The van der Waals surface area contributed by atoms with Crippen molar-refractivity contribution in [1.29, 1.82) is 0 Å². The van der Waals surface area contributed by atoms with E-state index in [2.05, 4.69) is 78.7 Å². The second kappa shape index (κ2) is 7.74. The lowest BCUT2D eigenvalue weighted by Gasteiger charge is -2.17. The van der Waals surface area contributed by atoms with E-state index in [4.69, 9.17) is 5.73 Å². The first-order valence-corrected chi connectivity index (χ1v) is 9.04. The molecule has 0 heterocycles. The first kappa shape index (κ1) is 18.2. The molecule has 0 amide bonds. The lowest BCUT2D eigenvalue weighted by molar-refractivity contribution is 0.578. The molecule has 0 saturated carbocycles. The SMILES string of the molecule is C[C@@H](NCc1cccc(C#CC(C)(C)N)c1)c1cccc2ccccc12. The van der Waals surface area contributed by atoms with Crippen LogP contribution >= 0.6 is 0 Å². The third-order valence-corrected chi connectivity index (χ3v) is 4.36. The first-order chi connectivity index (χ1) is 12.4. The Kier molecular flexibility index (Phi) is 5.42. The highest BCUT2D eigenvalue weighted by molar-refractivity contribution is 5.86. The van der Waals surface area contributed by atoms with E-state index < -0.39 is 5.54 Å². The van der Waals surface area contributed by atoms with Crippen LogP contribution in [0, 0.1) is 11.8 Å². The predicted octanol–water partition coefficient (Wildman–Crippen LogP) is 4.78. The molecule has 0 fully saturated rings. The summed E-state index contributed by atoms with van der Waals surface area (Å²) in [4.78, 5) is 0. The highest BCUT2D eigenvalue weighted by atomic mass is 14.9. The largest absolute Gasteiger partial charge is 0.316 e. The maximum atomic E-state index is 5.94. The smallest absolute Gasteiger partial charge is 0.0722 e. The summed E-state index contributed by atoms with van der Waals surface area (Å²) in [6, 6.07) is 23.6. The summed E-state index contributed by atoms with van der Waals surface area (Å²) in [5, 5.41) is 6.22. The molecule has 132 valence electrons. The molecule has 0 saturated heterocycles. The number of nitrogens with two attached hydrogens (primary N) is 1. The first-order valence-electron chi connectivity index (χ1n) is 9.04. The summed E-state index contributed by atoms with van der Waals surface area (Å²) in [6.45, 7) is 6.84. The number of rotatable bonds is 4. The molecule has 2 nitrogen and oxygen atoms in total. The number of benzene rings is 3. The Bertz CT molecular complexity index is 950. The van der Waals surface area contributed by atoms with E-state index in [-0.39, 0.29) is 6.04 Å². The number of nitrogens with one attached hydrogen (secondary N) is 1. The Morgan fingerprint density at radius 1 is 1.00 bits per heavy atom. The minimum atomic E-state index is -0.475. The molecule has 3 aromatic carbocycles. The van der Waals surface area contributed by atoms with E-state index in [0.717, 1.165) is 12.1 Å². The van der Waals surface area contributed by atoms with Gasteiger partial charge in [-0.3, -0.25) is 0 Å². The minimum absolute atomic E-state index is 0.263. The van der Waals surface area contributed by atoms with Crippen molar-refractivity contribution in [2.75, 3.05) is 0 Å². The van der Waals surface area contributed by atoms with Gasteiger partial charge >= 0.3 is 0 Å². The van der Waals surface area contributed by atoms with Crippen molar-refractivity contribution < 1.29 is 0 Å². The van der Waals surface area contributed by atoms with Crippen molar-refractivity contribution in [3.05, 3.63) is 83.4 Å². The van der Waals surface area contributed by atoms with Crippen molar-refractivity contribution >= 4 is 10.8 Å². The lowest BCUT2D eigenvalue weighted by Crippen LogP contribution is -2.29. The number of hydrogen-bond donors (Lipinski definition) is 2. The molecule has 0 aliphatic carbocycles. The molecule has 0 spiro atoms. The van der Waals surface area contributed by atoms with Crippen molar-refractivity contribution in [1.82, 2.24) is 5.32 Å². The highest BCUT2D eigenvalue weighted by Gasteiger charge is 2.09. The fourth-order valence-electron chi connectivity index (χ4n) is 3.00. The van der Waals surface area contributed by atoms with Gasteiger partial charge in [-0.15, -0.1) is 0 Å². The van der Waals surface area contributed by atoms with Crippen molar-refractivity contribution in [2.45, 2.75) is 38.9 Å². The second-order valence-corrected chi connectivity index (χ2v) is 7.34. The van der Waals surface area contributed by atoms with Crippen molar-refractivity contribution in [3.63, 3.8) is 0 Å². The normalized spacial score (nSPS) is 12.5. The third-order valence-electron chi connectivity index (χ3n) is 4.36. The summed E-state index contributed by atoms with van der Waals surface area (Å²) >= 11 is 0. The Labute approximate surface area is 156 Å². The van der Waals surface area contributed by atoms with Gasteiger partial charge in [0.2, 0.25) is 0 Å². The van der Waals surface area contributed by atoms with Crippen LogP contribution in [0.15, 0.2) is 66.7 Å². The fraction of sp³-hybridized carbons (Fsp3) is 0.250. The molecule has 0 aliphatic rings. The van der Waals surface area contributed by atoms with Gasteiger partial charge in [-0.25, -0.2) is 0 Å². The van der Waals surface area contributed by atoms with Crippen LogP contribution in [0.4, 0.5) is 0 Å². The number of hydrogen-bond acceptors (Lipinski definition) is 2. The van der Waals surface area contributed by atoms with E-state index in [9.17, 15) is 0 Å². The van der Waals surface area contributed by atoms with Crippen molar-refractivity contribution in [3.8, 4) is 11.8 Å². The third kappa shape index (κ3) is 4.73. The van der Waals surface area contributed by atoms with Crippen LogP contribution in [-0.4, -0.2) is 5.54 Å².